The number of aliphatic hydroxyl groups excluding tert-OH is 1. The Hall–Kier alpha value is -2.69. The van der Waals surface area contributed by atoms with Crippen LogP contribution in [-0.2, 0) is 13.0 Å². The lowest BCUT2D eigenvalue weighted by Crippen LogP contribution is -2.40. The molecule has 31 heavy (non-hydrogen) atoms. The minimum Gasteiger partial charge on any atom is -0.497 e. The summed E-state index contributed by atoms with van der Waals surface area (Å²) >= 11 is 0. The highest BCUT2D eigenvalue weighted by atomic mass is 16.5. The van der Waals surface area contributed by atoms with Crippen LogP contribution in [0.2, 0.25) is 0 Å². The minimum atomic E-state index is -0.384. The Bertz CT molecular complexity index is 1000. The standard InChI is InChI=1S/C27H32N2O2/c1-3-21-19-29(18-20-7-5-4-6-8-20)14-12-22(21)15-24(30)16-23-11-13-28-27-10-9-25(31-2)17-26(23)27/h3-11,13,17,21-22,24,30H,1,12,14-16,18-19H2,2H3/t21-,22-,24?/m0/s1. The zero-order valence-electron chi connectivity index (χ0n) is 18.3. The summed E-state index contributed by atoms with van der Waals surface area (Å²) in [6, 6.07) is 18.6. The Morgan fingerprint density at radius 1 is 1.23 bits per heavy atom. The number of pyridine rings is 1. The molecule has 0 aliphatic carbocycles. The van der Waals surface area contributed by atoms with Gasteiger partial charge in [-0.05, 0) is 73.0 Å². The van der Waals surface area contributed by atoms with Crippen molar-refractivity contribution in [2.45, 2.75) is 31.9 Å². The average Bonchev–Trinajstić information content (AvgIpc) is 2.80. The SMILES string of the molecule is C=C[C@H]1CN(Cc2ccccc2)CC[C@H]1CC(O)Cc1ccnc2ccc(OC)cc12. The van der Waals surface area contributed by atoms with Crippen molar-refractivity contribution in [1.29, 1.82) is 0 Å². The van der Waals surface area contributed by atoms with Gasteiger partial charge < -0.3 is 9.84 Å². The van der Waals surface area contributed by atoms with E-state index in [4.69, 9.17) is 4.74 Å². The highest BCUT2D eigenvalue weighted by Crippen LogP contribution is 2.31. The largest absolute Gasteiger partial charge is 0.497 e. The van der Waals surface area contributed by atoms with Gasteiger partial charge in [0.2, 0.25) is 0 Å². The maximum atomic E-state index is 11.0. The number of piperidine rings is 1. The van der Waals surface area contributed by atoms with Gasteiger partial charge in [0.25, 0.3) is 0 Å². The molecule has 2 aromatic carbocycles. The topological polar surface area (TPSA) is 45.6 Å². The Morgan fingerprint density at radius 3 is 2.84 bits per heavy atom. The molecule has 1 aliphatic rings. The van der Waals surface area contributed by atoms with Crippen molar-refractivity contribution in [3.05, 3.63) is 84.6 Å². The number of fused-ring (bicyclic) bond motifs is 1. The fraction of sp³-hybridized carbons (Fsp3) is 0.370. The van der Waals surface area contributed by atoms with Gasteiger partial charge in [-0.25, -0.2) is 0 Å². The number of hydrogen-bond donors (Lipinski definition) is 1. The van der Waals surface area contributed by atoms with E-state index in [-0.39, 0.29) is 6.10 Å². The number of likely N-dealkylation sites (tertiary alicyclic amines) is 1. The fourth-order valence-corrected chi connectivity index (χ4v) is 4.82. The molecule has 1 N–H and O–H groups in total. The molecule has 0 radical (unpaired) electrons. The van der Waals surface area contributed by atoms with Crippen molar-refractivity contribution in [2.24, 2.45) is 11.8 Å². The summed E-state index contributed by atoms with van der Waals surface area (Å²) in [5, 5.41) is 12.0. The van der Waals surface area contributed by atoms with Crippen molar-refractivity contribution >= 4 is 10.9 Å². The van der Waals surface area contributed by atoms with Crippen molar-refractivity contribution < 1.29 is 9.84 Å². The second kappa shape index (κ2) is 10.1. The monoisotopic (exact) mass is 416 g/mol. The quantitative estimate of drug-likeness (QED) is 0.533. The molecule has 1 fully saturated rings. The van der Waals surface area contributed by atoms with Crippen molar-refractivity contribution in [1.82, 2.24) is 9.88 Å². The third kappa shape index (κ3) is 5.33. The number of methoxy groups -OCH3 is 1. The highest BCUT2D eigenvalue weighted by Gasteiger charge is 2.29. The van der Waals surface area contributed by atoms with Crippen molar-refractivity contribution in [3.63, 3.8) is 0 Å². The minimum absolute atomic E-state index is 0.384. The first-order chi connectivity index (χ1) is 15.2. The third-order valence-electron chi connectivity index (χ3n) is 6.51. The Kier molecular flexibility index (Phi) is 7.00. The molecule has 1 aliphatic heterocycles. The summed E-state index contributed by atoms with van der Waals surface area (Å²) in [5.74, 6) is 1.68. The molecule has 3 aromatic rings. The number of rotatable bonds is 8. The van der Waals surface area contributed by atoms with Crippen LogP contribution < -0.4 is 4.74 Å². The average molecular weight is 417 g/mol. The molecule has 0 bridgehead atoms. The van der Waals surface area contributed by atoms with Crippen LogP contribution in [0.15, 0.2) is 73.4 Å². The van der Waals surface area contributed by atoms with Gasteiger partial charge >= 0.3 is 0 Å². The molecule has 3 atom stereocenters. The number of nitrogens with zero attached hydrogens (tertiary/aromatic N) is 2. The molecule has 2 heterocycles. The smallest absolute Gasteiger partial charge is 0.119 e. The molecule has 1 unspecified atom stereocenters. The summed E-state index contributed by atoms with van der Waals surface area (Å²) in [7, 11) is 1.67. The summed E-state index contributed by atoms with van der Waals surface area (Å²) < 4.78 is 5.38. The summed E-state index contributed by atoms with van der Waals surface area (Å²) in [6.07, 6.45) is 6.03. The molecule has 0 amide bonds. The Balaban J connectivity index is 1.39. The molecule has 0 spiro atoms. The van der Waals surface area contributed by atoms with Crippen LogP contribution >= 0.6 is 0 Å². The normalized spacial score (nSPS) is 20.5. The van der Waals surface area contributed by atoms with Gasteiger partial charge in [0.05, 0.1) is 18.7 Å². The lowest BCUT2D eigenvalue weighted by atomic mass is 9.80. The first-order valence-corrected chi connectivity index (χ1v) is 11.1. The predicted octanol–water partition coefficient (Wildman–Crippen LogP) is 4.86. The molecule has 1 saturated heterocycles. The first-order valence-electron chi connectivity index (χ1n) is 11.1. The van der Waals surface area contributed by atoms with Crippen LogP contribution in [0.25, 0.3) is 10.9 Å². The lowest BCUT2D eigenvalue weighted by Gasteiger charge is -2.38. The molecule has 1 aromatic heterocycles. The molecule has 4 rings (SSSR count). The highest BCUT2D eigenvalue weighted by molar-refractivity contribution is 5.83. The van der Waals surface area contributed by atoms with E-state index in [1.54, 1.807) is 7.11 Å². The first kappa shape index (κ1) is 21.5. The van der Waals surface area contributed by atoms with E-state index in [2.05, 4.69) is 52.9 Å². The maximum absolute atomic E-state index is 11.0. The van der Waals surface area contributed by atoms with Gasteiger partial charge in [-0.3, -0.25) is 9.88 Å². The zero-order valence-corrected chi connectivity index (χ0v) is 18.3. The van der Waals surface area contributed by atoms with Crippen LogP contribution in [0.4, 0.5) is 0 Å². The van der Waals surface area contributed by atoms with Gasteiger partial charge in [0.15, 0.2) is 0 Å². The van der Waals surface area contributed by atoms with Crippen LogP contribution in [0.5, 0.6) is 5.75 Å². The molecule has 4 nitrogen and oxygen atoms in total. The van der Waals surface area contributed by atoms with E-state index in [0.29, 0.717) is 18.3 Å². The van der Waals surface area contributed by atoms with Gasteiger partial charge in [-0.1, -0.05) is 36.4 Å². The molecule has 4 heteroatoms. The van der Waals surface area contributed by atoms with E-state index < -0.39 is 0 Å². The van der Waals surface area contributed by atoms with Gasteiger partial charge in [-0.15, -0.1) is 6.58 Å². The predicted molar refractivity (Wildman–Crippen MR) is 126 cm³/mol. The van der Waals surface area contributed by atoms with E-state index in [9.17, 15) is 5.11 Å². The van der Waals surface area contributed by atoms with Gasteiger partial charge in [-0.2, -0.15) is 0 Å². The number of hydrogen-bond acceptors (Lipinski definition) is 4. The maximum Gasteiger partial charge on any atom is 0.119 e. The third-order valence-corrected chi connectivity index (χ3v) is 6.51. The summed E-state index contributed by atoms with van der Waals surface area (Å²) in [4.78, 5) is 6.96. The van der Waals surface area contributed by atoms with Crippen LogP contribution in [0.1, 0.15) is 24.0 Å². The molecule has 162 valence electrons. The van der Waals surface area contributed by atoms with Gasteiger partial charge in [0.1, 0.15) is 5.75 Å². The molecular weight excluding hydrogens is 384 g/mol. The Morgan fingerprint density at radius 2 is 2.06 bits per heavy atom. The van der Waals surface area contributed by atoms with Crippen molar-refractivity contribution in [2.75, 3.05) is 20.2 Å². The van der Waals surface area contributed by atoms with E-state index in [0.717, 1.165) is 54.7 Å². The van der Waals surface area contributed by atoms with E-state index >= 15 is 0 Å². The Labute approximate surface area is 185 Å². The van der Waals surface area contributed by atoms with E-state index in [1.165, 1.54) is 5.56 Å². The number of ether oxygens (including phenoxy) is 1. The summed E-state index contributed by atoms with van der Waals surface area (Å²) in [6.45, 7) is 7.14. The second-order valence-corrected chi connectivity index (χ2v) is 8.62. The van der Waals surface area contributed by atoms with E-state index in [1.807, 2.05) is 30.5 Å². The molecular formula is C27H32N2O2. The van der Waals surface area contributed by atoms with Crippen LogP contribution in [0, 0.1) is 11.8 Å². The number of aromatic nitrogens is 1. The fourth-order valence-electron chi connectivity index (χ4n) is 4.82. The van der Waals surface area contributed by atoms with Crippen LogP contribution in [-0.4, -0.2) is 41.3 Å². The van der Waals surface area contributed by atoms with Crippen LogP contribution in [0.3, 0.4) is 0 Å². The van der Waals surface area contributed by atoms with Gasteiger partial charge in [0, 0.05) is 24.7 Å². The second-order valence-electron chi connectivity index (χ2n) is 8.62. The van der Waals surface area contributed by atoms with Crippen molar-refractivity contribution in [3.8, 4) is 5.75 Å². The zero-order chi connectivity index (χ0) is 21.6. The lowest BCUT2D eigenvalue weighted by molar-refractivity contribution is 0.0817. The number of aliphatic hydroxyl groups is 1. The number of benzene rings is 2. The molecule has 0 saturated carbocycles. The summed E-state index contributed by atoms with van der Waals surface area (Å²) in [5.41, 5.74) is 3.40.